The number of nitrogens with zero attached hydrogens (tertiary/aromatic N) is 2. The van der Waals surface area contributed by atoms with Crippen LogP contribution in [-0.2, 0) is 6.42 Å². The van der Waals surface area contributed by atoms with Gasteiger partial charge in [0, 0.05) is 17.0 Å². The molecule has 1 aliphatic rings. The maximum atomic E-state index is 9.35. The number of thioether (sulfide) groups is 1. The summed E-state index contributed by atoms with van der Waals surface area (Å²) in [5.41, 5.74) is 5.32. The lowest BCUT2D eigenvalue weighted by atomic mass is 10.1. The Balaban J connectivity index is 1.80. The maximum Gasteiger partial charge on any atom is 0.135 e. The molecule has 21 heavy (non-hydrogen) atoms. The third kappa shape index (κ3) is 3.13. The van der Waals surface area contributed by atoms with E-state index in [4.69, 9.17) is 0 Å². The third-order valence-electron chi connectivity index (χ3n) is 3.41. The molecule has 5 heteroatoms. The van der Waals surface area contributed by atoms with Crippen molar-refractivity contribution < 1.29 is 5.11 Å². The van der Waals surface area contributed by atoms with Gasteiger partial charge in [0.05, 0.1) is 0 Å². The van der Waals surface area contributed by atoms with Crippen LogP contribution in [0.3, 0.4) is 0 Å². The summed E-state index contributed by atoms with van der Waals surface area (Å²) in [4.78, 5) is 3.41. The predicted octanol–water partition coefficient (Wildman–Crippen LogP) is 3.04. The van der Waals surface area contributed by atoms with Crippen molar-refractivity contribution in [1.82, 2.24) is 5.43 Å². The number of nitrogens with one attached hydrogen (secondary N) is 1. The second kappa shape index (κ2) is 6.10. The van der Waals surface area contributed by atoms with Crippen LogP contribution < -0.4 is 10.3 Å². The molecular weight excluding hydrogens is 282 g/mol. The second-order valence-corrected chi connectivity index (χ2v) is 5.70. The first-order valence-electron chi connectivity index (χ1n) is 6.75. The zero-order valence-electron chi connectivity index (χ0n) is 11.8. The van der Waals surface area contributed by atoms with E-state index >= 15 is 0 Å². The van der Waals surface area contributed by atoms with Gasteiger partial charge in [0.2, 0.25) is 0 Å². The molecule has 1 heterocycles. The Hall–Kier alpha value is -2.14. The number of hydrazone groups is 1. The van der Waals surface area contributed by atoms with E-state index in [1.807, 2.05) is 12.1 Å². The molecule has 0 atom stereocenters. The van der Waals surface area contributed by atoms with Crippen LogP contribution in [0.25, 0.3) is 0 Å². The molecule has 0 bridgehead atoms. The summed E-state index contributed by atoms with van der Waals surface area (Å²) in [6.45, 7) is 0.686. The fourth-order valence-electron chi connectivity index (χ4n) is 2.30. The standard InChI is InChI=1S/C16H17N3OS/c1-21-15-4-2-3-13(10-15)19-11-17-18-16(19)9-12-5-7-14(20)8-6-12/h2-8,10,17,20H,9,11H2,1H3. The zero-order valence-corrected chi connectivity index (χ0v) is 12.6. The van der Waals surface area contributed by atoms with Crippen LogP contribution in [0.15, 0.2) is 58.5 Å². The zero-order chi connectivity index (χ0) is 14.7. The first-order valence-corrected chi connectivity index (χ1v) is 7.97. The Morgan fingerprint density at radius 2 is 2.05 bits per heavy atom. The van der Waals surface area contributed by atoms with E-state index in [9.17, 15) is 5.11 Å². The van der Waals surface area contributed by atoms with Crippen LogP contribution in [0.4, 0.5) is 5.69 Å². The number of benzene rings is 2. The molecule has 1 aliphatic heterocycles. The monoisotopic (exact) mass is 299 g/mol. The SMILES string of the molecule is CSc1cccc(N2CNN=C2Cc2ccc(O)cc2)c1. The van der Waals surface area contributed by atoms with Crippen molar-refractivity contribution in [2.75, 3.05) is 17.8 Å². The number of phenols is 1. The van der Waals surface area contributed by atoms with Gasteiger partial charge < -0.3 is 10.0 Å². The van der Waals surface area contributed by atoms with E-state index in [1.54, 1.807) is 23.9 Å². The summed E-state index contributed by atoms with van der Waals surface area (Å²) < 4.78 is 0. The highest BCUT2D eigenvalue weighted by atomic mass is 32.2. The Kier molecular flexibility index (Phi) is 4.01. The fraction of sp³-hybridized carbons (Fsp3) is 0.188. The minimum atomic E-state index is 0.287. The van der Waals surface area contributed by atoms with E-state index in [0.717, 1.165) is 23.5 Å². The predicted molar refractivity (Wildman–Crippen MR) is 88.0 cm³/mol. The van der Waals surface area contributed by atoms with E-state index in [2.05, 4.69) is 45.9 Å². The topological polar surface area (TPSA) is 47.9 Å². The van der Waals surface area contributed by atoms with Gasteiger partial charge in [-0.15, -0.1) is 11.8 Å². The molecule has 0 fully saturated rings. The Labute approximate surface area is 128 Å². The van der Waals surface area contributed by atoms with Crippen LogP contribution >= 0.6 is 11.8 Å². The molecule has 4 nitrogen and oxygen atoms in total. The van der Waals surface area contributed by atoms with Gasteiger partial charge in [0.25, 0.3) is 0 Å². The number of hydrogen-bond acceptors (Lipinski definition) is 5. The van der Waals surface area contributed by atoms with Crippen LogP contribution in [0.1, 0.15) is 5.56 Å². The lowest BCUT2D eigenvalue weighted by molar-refractivity contribution is 0.475. The van der Waals surface area contributed by atoms with Crippen molar-refractivity contribution >= 4 is 23.3 Å². The average Bonchev–Trinajstić information content (AvgIpc) is 2.98. The lowest BCUT2D eigenvalue weighted by Crippen LogP contribution is -2.30. The molecular formula is C16H17N3OS. The number of rotatable bonds is 4. The van der Waals surface area contributed by atoms with Crippen molar-refractivity contribution in [1.29, 1.82) is 0 Å². The number of phenolic OH excluding ortho intramolecular Hbond substituents is 1. The quantitative estimate of drug-likeness (QED) is 0.852. The van der Waals surface area contributed by atoms with Gasteiger partial charge in [0.15, 0.2) is 0 Å². The first kappa shape index (κ1) is 13.8. The average molecular weight is 299 g/mol. The molecule has 0 aromatic heterocycles. The van der Waals surface area contributed by atoms with Crippen LogP contribution in [0.5, 0.6) is 5.75 Å². The van der Waals surface area contributed by atoms with E-state index in [0.29, 0.717) is 6.67 Å². The van der Waals surface area contributed by atoms with Crippen molar-refractivity contribution in [2.24, 2.45) is 5.10 Å². The summed E-state index contributed by atoms with van der Waals surface area (Å²) in [6, 6.07) is 15.7. The molecule has 0 spiro atoms. The number of anilines is 1. The smallest absolute Gasteiger partial charge is 0.135 e. The van der Waals surface area contributed by atoms with Gasteiger partial charge in [-0.1, -0.05) is 18.2 Å². The number of hydrogen-bond donors (Lipinski definition) is 2. The van der Waals surface area contributed by atoms with E-state index < -0.39 is 0 Å². The van der Waals surface area contributed by atoms with Crippen molar-refractivity contribution in [3.63, 3.8) is 0 Å². The van der Waals surface area contributed by atoms with Crippen LogP contribution in [-0.4, -0.2) is 23.9 Å². The van der Waals surface area contributed by atoms with Gasteiger partial charge in [-0.2, -0.15) is 5.10 Å². The summed E-state index contributed by atoms with van der Waals surface area (Å²) in [5.74, 6) is 1.27. The highest BCUT2D eigenvalue weighted by Crippen LogP contribution is 2.24. The molecule has 0 aliphatic carbocycles. The fourth-order valence-corrected chi connectivity index (χ4v) is 2.75. The van der Waals surface area contributed by atoms with Gasteiger partial charge in [0.1, 0.15) is 18.3 Å². The molecule has 0 amide bonds. The molecule has 108 valence electrons. The summed E-state index contributed by atoms with van der Waals surface area (Å²) in [5, 5.41) is 13.7. The Bertz CT molecular complexity index is 655. The number of amidine groups is 1. The minimum absolute atomic E-state index is 0.287. The second-order valence-electron chi connectivity index (χ2n) is 4.82. The van der Waals surface area contributed by atoms with Crippen molar-refractivity contribution in [3.8, 4) is 5.75 Å². The van der Waals surface area contributed by atoms with Gasteiger partial charge in [-0.05, 0) is 42.2 Å². The normalized spacial score (nSPS) is 14.0. The molecule has 0 saturated heterocycles. The Morgan fingerprint density at radius 1 is 1.24 bits per heavy atom. The van der Waals surface area contributed by atoms with Crippen molar-refractivity contribution in [3.05, 3.63) is 54.1 Å². The summed E-state index contributed by atoms with van der Waals surface area (Å²) >= 11 is 1.73. The highest BCUT2D eigenvalue weighted by Gasteiger charge is 2.19. The molecule has 2 N–H and O–H groups in total. The molecule has 0 unspecified atom stereocenters. The first-order chi connectivity index (χ1) is 10.3. The van der Waals surface area contributed by atoms with E-state index in [-0.39, 0.29) is 5.75 Å². The molecule has 3 rings (SSSR count). The van der Waals surface area contributed by atoms with Crippen molar-refractivity contribution in [2.45, 2.75) is 11.3 Å². The molecule has 0 saturated carbocycles. The Morgan fingerprint density at radius 3 is 2.81 bits per heavy atom. The molecule has 0 radical (unpaired) electrons. The van der Waals surface area contributed by atoms with E-state index in [1.165, 1.54) is 4.90 Å². The third-order valence-corrected chi connectivity index (χ3v) is 4.14. The largest absolute Gasteiger partial charge is 0.508 e. The van der Waals surface area contributed by atoms with Crippen LogP contribution in [0, 0.1) is 0 Å². The number of aromatic hydroxyl groups is 1. The van der Waals surface area contributed by atoms with Gasteiger partial charge in [-0.3, -0.25) is 5.43 Å². The summed E-state index contributed by atoms with van der Waals surface area (Å²) in [6.07, 6.45) is 2.81. The molecule has 2 aromatic carbocycles. The lowest BCUT2D eigenvalue weighted by Gasteiger charge is -2.20. The van der Waals surface area contributed by atoms with Gasteiger partial charge >= 0.3 is 0 Å². The summed E-state index contributed by atoms with van der Waals surface area (Å²) in [7, 11) is 0. The molecule has 2 aromatic rings. The maximum absolute atomic E-state index is 9.35. The minimum Gasteiger partial charge on any atom is -0.508 e. The van der Waals surface area contributed by atoms with Gasteiger partial charge in [-0.25, -0.2) is 0 Å². The highest BCUT2D eigenvalue weighted by molar-refractivity contribution is 7.98. The van der Waals surface area contributed by atoms with Crippen LogP contribution in [0.2, 0.25) is 0 Å².